The van der Waals surface area contributed by atoms with E-state index in [1.165, 1.54) is 0 Å². The summed E-state index contributed by atoms with van der Waals surface area (Å²) < 4.78 is 11.1. The van der Waals surface area contributed by atoms with E-state index in [2.05, 4.69) is 9.24 Å². The number of fused-ring (bicyclic) bond motifs is 1. The molecule has 1 atom stereocenters. The van der Waals surface area contributed by atoms with Crippen molar-refractivity contribution in [2.24, 2.45) is 0 Å². The average Bonchev–Trinajstić information content (AvgIpc) is 2.29. The molecule has 0 amide bonds. The molecular formula is C11H14NO2P. The normalized spacial score (nSPS) is 13.1. The number of anilines is 1. The van der Waals surface area contributed by atoms with Crippen LogP contribution in [0.25, 0.3) is 6.08 Å². The van der Waals surface area contributed by atoms with Gasteiger partial charge in [-0.05, 0) is 30.4 Å². The van der Waals surface area contributed by atoms with Crippen LogP contribution in [0.5, 0.6) is 11.5 Å². The lowest BCUT2D eigenvalue weighted by molar-refractivity contribution is 0.330. The van der Waals surface area contributed by atoms with Gasteiger partial charge in [-0.3, -0.25) is 0 Å². The summed E-state index contributed by atoms with van der Waals surface area (Å²) in [6, 6.07) is 3.70. The highest BCUT2D eigenvalue weighted by atomic mass is 31.0. The Kier molecular flexibility index (Phi) is 3.12. The number of nitrogens with two attached hydrogens (primary N) is 1. The number of hydrogen-bond acceptors (Lipinski definition) is 3. The third kappa shape index (κ3) is 2.07. The fraction of sp³-hybridized carbons (Fsp3) is 0.273. The number of ether oxygens (including phenoxy) is 2. The molecule has 0 saturated carbocycles. The molecule has 0 fully saturated rings. The van der Waals surface area contributed by atoms with E-state index in [1.807, 2.05) is 24.3 Å². The van der Waals surface area contributed by atoms with Crippen molar-refractivity contribution < 1.29 is 9.47 Å². The molecule has 2 N–H and O–H groups in total. The molecule has 15 heavy (non-hydrogen) atoms. The predicted octanol–water partition coefficient (Wildman–Crippen LogP) is 1.93. The summed E-state index contributed by atoms with van der Waals surface area (Å²) in [5.41, 5.74) is 7.42. The number of rotatable bonds is 3. The van der Waals surface area contributed by atoms with Crippen LogP contribution in [0.4, 0.5) is 5.69 Å². The first-order valence-electron chi connectivity index (χ1n) is 4.87. The zero-order valence-corrected chi connectivity index (χ0v) is 9.56. The van der Waals surface area contributed by atoms with Gasteiger partial charge in [0.15, 0.2) is 5.75 Å². The van der Waals surface area contributed by atoms with Gasteiger partial charge >= 0.3 is 0 Å². The van der Waals surface area contributed by atoms with E-state index in [9.17, 15) is 0 Å². The first kappa shape index (κ1) is 10.3. The molecule has 1 heterocycles. The second-order valence-corrected chi connectivity index (χ2v) is 3.82. The van der Waals surface area contributed by atoms with E-state index in [1.54, 1.807) is 0 Å². The molecule has 0 spiro atoms. The zero-order valence-electron chi connectivity index (χ0n) is 8.40. The second-order valence-electron chi connectivity index (χ2n) is 3.25. The minimum absolute atomic E-state index is 0.574. The second kappa shape index (κ2) is 4.54. The van der Waals surface area contributed by atoms with Gasteiger partial charge in [-0.25, -0.2) is 0 Å². The van der Waals surface area contributed by atoms with Crippen molar-refractivity contribution in [1.29, 1.82) is 0 Å². The summed E-state index contributed by atoms with van der Waals surface area (Å²) in [5.74, 6) is 1.57. The van der Waals surface area contributed by atoms with Crippen molar-refractivity contribution in [2.75, 3.05) is 25.1 Å². The Morgan fingerprint density at radius 1 is 1.47 bits per heavy atom. The molecule has 4 heteroatoms. The summed E-state index contributed by atoms with van der Waals surface area (Å²) in [4.78, 5) is 0. The highest BCUT2D eigenvalue weighted by molar-refractivity contribution is 7.16. The molecule has 0 saturated heterocycles. The van der Waals surface area contributed by atoms with Crippen molar-refractivity contribution in [2.45, 2.75) is 0 Å². The summed E-state index contributed by atoms with van der Waals surface area (Å²) in [7, 11) is 2.63. The largest absolute Gasteiger partial charge is 0.492 e. The molecule has 80 valence electrons. The molecule has 0 bridgehead atoms. The van der Waals surface area contributed by atoms with E-state index < -0.39 is 0 Å². The van der Waals surface area contributed by atoms with Gasteiger partial charge in [0, 0.05) is 0 Å². The van der Waals surface area contributed by atoms with Gasteiger partial charge in [-0.2, -0.15) is 0 Å². The topological polar surface area (TPSA) is 44.5 Å². The summed E-state index contributed by atoms with van der Waals surface area (Å²) in [6.45, 7) is 1.25. The van der Waals surface area contributed by atoms with Crippen molar-refractivity contribution in [1.82, 2.24) is 0 Å². The maximum absolute atomic E-state index is 5.82. The van der Waals surface area contributed by atoms with Gasteiger partial charge < -0.3 is 15.2 Å². The Bertz CT molecular complexity index is 390. The van der Waals surface area contributed by atoms with E-state index in [0.717, 1.165) is 23.2 Å². The molecule has 1 aliphatic rings. The minimum atomic E-state index is 0.574. The predicted molar refractivity (Wildman–Crippen MR) is 65.5 cm³/mol. The van der Waals surface area contributed by atoms with Crippen LogP contribution in [0.1, 0.15) is 5.56 Å². The molecule has 0 aliphatic carbocycles. The lowest BCUT2D eigenvalue weighted by Crippen LogP contribution is -2.07. The molecule has 3 nitrogen and oxygen atoms in total. The number of benzene rings is 1. The van der Waals surface area contributed by atoms with Gasteiger partial charge in [0.1, 0.15) is 12.4 Å². The minimum Gasteiger partial charge on any atom is -0.492 e. The lowest BCUT2D eigenvalue weighted by Gasteiger charge is -2.18. The van der Waals surface area contributed by atoms with Gasteiger partial charge in [-0.15, -0.1) is 9.24 Å². The Hall–Kier alpha value is -1.21. The first-order valence-corrected chi connectivity index (χ1v) is 5.69. The maximum atomic E-state index is 5.82. The van der Waals surface area contributed by atoms with E-state index in [4.69, 9.17) is 15.2 Å². The molecular weight excluding hydrogens is 209 g/mol. The van der Waals surface area contributed by atoms with Crippen LogP contribution in [0.15, 0.2) is 18.2 Å². The monoisotopic (exact) mass is 223 g/mol. The van der Waals surface area contributed by atoms with Crippen LogP contribution in [-0.4, -0.2) is 19.4 Å². The molecule has 1 unspecified atom stereocenters. The summed E-state index contributed by atoms with van der Waals surface area (Å²) in [6.07, 6.45) is 4.85. The Morgan fingerprint density at radius 3 is 3.13 bits per heavy atom. The smallest absolute Gasteiger partial charge is 0.153 e. The summed E-state index contributed by atoms with van der Waals surface area (Å²) in [5, 5.41) is 0. The van der Waals surface area contributed by atoms with E-state index >= 15 is 0 Å². The molecule has 0 aromatic heterocycles. The van der Waals surface area contributed by atoms with E-state index in [-0.39, 0.29) is 0 Å². The SMILES string of the molecule is Nc1ccc(OCCP)c2c1OCC=C2. The van der Waals surface area contributed by atoms with Crippen LogP contribution < -0.4 is 15.2 Å². The average molecular weight is 223 g/mol. The first-order chi connectivity index (χ1) is 7.33. The highest BCUT2D eigenvalue weighted by Gasteiger charge is 2.14. The molecule has 1 aliphatic heterocycles. The summed E-state index contributed by atoms with van der Waals surface area (Å²) >= 11 is 0. The van der Waals surface area contributed by atoms with Crippen LogP contribution in [0.2, 0.25) is 0 Å². The fourth-order valence-electron chi connectivity index (χ4n) is 1.51. The van der Waals surface area contributed by atoms with Crippen molar-refractivity contribution in [3.05, 3.63) is 23.8 Å². The Labute approximate surface area is 91.5 Å². The quantitative estimate of drug-likeness (QED) is 0.629. The fourth-order valence-corrected chi connectivity index (χ4v) is 1.63. The Morgan fingerprint density at radius 2 is 2.33 bits per heavy atom. The molecule has 1 aromatic rings. The van der Waals surface area contributed by atoms with Gasteiger partial charge in [0.05, 0.1) is 17.9 Å². The van der Waals surface area contributed by atoms with Crippen LogP contribution in [-0.2, 0) is 0 Å². The van der Waals surface area contributed by atoms with Gasteiger partial charge in [-0.1, -0.05) is 0 Å². The maximum Gasteiger partial charge on any atom is 0.153 e. The van der Waals surface area contributed by atoms with Crippen LogP contribution in [0.3, 0.4) is 0 Å². The van der Waals surface area contributed by atoms with Crippen LogP contribution in [0, 0.1) is 0 Å². The highest BCUT2D eigenvalue weighted by Crippen LogP contribution is 2.37. The van der Waals surface area contributed by atoms with Crippen molar-refractivity contribution in [3.63, 3.8) is 0 Å². The Balaban J connectivity index is 2.36. The van der Waals surface area contributed by atoms with Crippen molar-refractivity contribution in [3.8, 4) is 11.5 Å². The molecule has 2 rings (SSSR count). The lowest BCUT2D eigenvalue weighted by atomic mass is 10.1. The number of nitrogen functional groups attached to an aromatic ring is 1. The third-order valence-electron chi connectivity index (χ3n) is 2.17. The number of hydrogen-bond donors (Lipinski definition) is 1. The third-order valence-corrected chi connectivity index (χ3v) is 2.41. The van der Waals surface area contributed by atoms with E-state index in [0.29, 0.717) is 18.9 Å². The molecule has 1 aromatic carbocycles. The zero-order chi connectivity index (χ0) is 10.7. The van der Waals surface area contributed by atoms with Crippen LogP contribution >= 0.6 is 9.24 Å². The van der Waals surface area contributed by atoms with Gasteiger partial charge in [0.25, 0.3) is 0 Å². The van der Waals surface area contributed by atoms with Crippen molar-refractivity contribution >= 4 is 21.0 Å². The van der Waals surface area contributed by atoms with Gasteiger partial charge in [0.2, 0.25) is 0 Å². The standard InChI is InChI=1S/C11H14NO2P/c12-9-3-4-10(13-6-7-15)8-2-1-5-14-11(8)9/h1-4H,5-7,12,15H2. The molecule has 0 radical (unpaired) electrons.